The second-order valence-corrected chi connectivity index (χ2v) is 5.20. The standard InChI is InChI=1S/C14H23N5O2/c1-5-21-13-10-12(15-11(2)16-13)18-6-8-19(9-7-18)14(20)17(3)4/h10H,5-9H2,1-4H3. The van der Waals surface area contributed by atoms with Crippen molar-refractivity contribution in [1.82, 2.24) is 19.8 Å². The first-order valence-electron chi connectivity index (χ1n) is 7.21. The van der Waals surface area contributed by atoms with E-state index in [9.17, 15) is 4.79 Å². The van der Waals surface area contributed by atoms with Crippen LogP contribution in [0.15, 0.2) is 6.07 Å². The second-order valence-electron chi connectivity index (χ2n) is 5.20. The number of ether oxygens (including phenoxy) is 1. The Balaban J connectivity index is 2.03. The number of anilines is 1. The fourth-order valence-corrected chi connectivity index (χ4v) is 2.32. The maximum Gasteiger partial charge on any atom is 0.319 e. The number of amides is 2. The van der Waals surface area contributed by atoms with Crippen LogP contribution in [-0.2, 0) is 0 Å². The average Bonchev–Trinajstić information content (AvgIpc) is 2.46. The third-order valence-corrected chi connectivity index (χ3v) is 3.35. The van der Waals surface area contributed by atoms with Gasteiger partial charge in [-0.2, -0.15) is 4.98 Å². The monoisotopic (exact) mass is 293 g/mol. The molecule has 7 nitrogen and oxygen atoms in total. The summed E-state index contributed by atoms with van der Waals surface area (Å²) in [6.07, 6.45) is 0. The van der Waals surface area contributed by atoms with Crippen LogP contribution in [0.25, 0.3) is 0 Å². The van der Waals surface area contributed by atoms with E-state index >= 15 is 0 Å². The van der Waals surface area contributed by atoms with Crippen LogP contribution in [0.3, 0.4) is 0 Å². The van der Waals surface area contributed by atoms with Gasteiger partial charge < -0.3 is 19.4 Å². The first kappa shape index (κ1) is 15.3. The molecule has 116 valence electrons. The largest absolute Gasteiger partial charge is 0.478 e. The van der Waals surface area contributed by atoms with E-state index in [0.717, 1.165) is 18.9 Å². The van der Waals surface area contributed by atoms with Crippen LogP contribution in [0, 0.1) is 6.92 Å². The van der Waals surface area contributed by atoms with E-state index in [4.69, 9.17) is 4.74 Å². The van der Waals surface area contributed by atoms with Crippen LogP contribution >= 0.6 is 0 Å². The number of urea groups is 1. The molecular formula is C14H23N5O2. The van der Waals surface area contributed by atoms with Gasteiger partial charge >= 0.3 is 6.03 Å². The van der Waals surface area contributed by atoms with Gasteiger partial charge in [-0.3, -0.25) is 0 Å². The molecule has 0 bridgehead atoms. The first-order valence-corrected chi connectivity index (χ1v) is 7.21. The molecule has 1 saturated heterocycles. The van der Waals surface area contributed by atoms with Crippen LogP contribution in [-0.4, -0.2) is 72.7 Å². The van der Waals surface area contributed by atoms with Gasteiger partial charge in [0.15, 0.2) is 0 Å². The highest BCUT2D eigenvalue weighted by Gasteiger charge is 2.23. The fraction of sp³-hybridized carbons (Fsp3) is 0.643. The summed E-state index contributed by atoms with van der Waals surface area (Å²) >= 11 is 0. The number of hydrogen-bond acceptors (Lipinski definition) is 5. The Labute approximate surface area is 125 Å². The van der Waals surface area contributed by atoms with E-state index in [1.807, 2.05) is 24.8 Å². The molecule has 2 heterocycles. The summed E-state index contributed by atoms with van der Waals surface area (Å²) in [4.78, 5) is 26.3. The van der Waals surface area contributed by atoms with Crippen molar-refractivity contribution in [3.63, 3.8) is 0 Å². The number of piperazine rings is 1. The maximum atomic E-state index is 11.9. The average molecular weight is 293 g/mol. The Morgan fingerprint density at radius 3 is 2.52 bits per heavy atom. The summed E-state index contributed by atoms with van der Waals surface area (Å²) in [7, 11) is 3.55. The van der Waals surface area contributed by atoms with Gasteiger partial charge in [0.25, 0.3) is 0 Å². The number of nitrogens with zero attached hydrogens (tertiary/aromatic N) is 5. The van der Waals surface area contributed by atoms with E-state index in [1.54, 1.807) is 19.0 Å². The van der Waals surface area contributed by atoms with Crippen molar-refractivity contribution in [2.75, 3.05) is 51.8 Å². The van der Waals surface area contributed by atoms with Crippen LogP contribution in [0.1, 0.15) is 12.7 Å². The van der Waals surface area contributed by atoms with Gasteiger partial charge in [0.05, 0.1) is 6.61 Å². The fourth-order valence-electron chi connectivity index (χ4n) is 2.32. The molecule has 2 rings (SSSR count). The van der Waals surface area contributed by atoms with E-state index in [1.165, 1.54) is 0 Å². The lowest BCUT2D eigenvalue weighted by atomic mass is 10.3. The zero-order chi connectivity index (χ0) is 15.4. The molecule has 0 spiro atoms. The maximum absolute atomic E-state index is 11.9. The normalized spacial score (nSPS) is 15.0. The highest BCUT2D eigenvalue weighted by Crippen LogP contribution is 2.19. The lowest BCUT2D eigenvalue weighted by Gasteiger charge is -2.36. The summed E-state index contributed by atoms with van der Waals surface area (Å²) in [5.41, 5.74) is 0. The van der Waals surface area contributed by atoms with Crippen molar-refractivity contribution >= 4 is 11.8 Å². The number of aromatic nitrogens is 2. The number of carbonyl (C=O) groups excluding carboxylic acids is 1. The smallest absolute Gasteiger partial charge is 0.319 e. The van der Waals surface area contributed by atoms with Crippen molar-refractivity contribution in [3.05, 3.63) is 11.9 Å². The summed E-state index contributed by atoms with van der Waals surface area (Å²) in [5, 5.41) is 0. The van der Waals surface area contributed by atoms with Gasteiger partial charge in [-0.1, -0.05) is 0 Å². The summed E-state index contributed by atoms with van der Waals surface area (Å²) in [5.74, 6) is 2.16. The molecule has 0 saturated carbocycles. The van der Waals surface area contributed by atoms with Crippen LogP contribution in [0.4, 0.5) is 10.6 Å². The minimum atomic E-state index is 0.0588. The molecule has 1 fully saturated rings. The van der Waals surface area contributed by atoms with E-state index < -0.39 is 0 Å². The van der Waals surface area contributed by atoms with Crippen LogP contribution in [0.2, 0.25) is 0 Å². The molecular weight excluding hydrogens is 270 g/mol. The van der Waals surface area contributed by atoms with Crippen LogP contribution in [0.5, 0.6) is 5.88 Å². The van der Waals surface area contributed by atoms with Crippen molar-refractivity contribution < 1.29 is 9.53 Å². The zero-order valence-electron chi connectivity index (χ0n) is 13.2. The van der Waals surface area contributed by atoms with Gasteiger partial charge in [0.1, 0.15) is 11.6 Å². The highest BCUT2D eigenvalue weighted by molar-refractivity contribution is 5.74. The van der Waals surface area contributed by atoms with Crippen molar-refractivity contribution in [2.24, 2.45) is 0 Å². The predicted octanol–water partition coefficient (Wildman–Crippen LogP) is 0.987. The summed E-state index contributed by atoms with van der Waals surface area (Å²) < 4.78 is 5.46. The molecule has 2 amide bonds. The summed E-state index contributed by atoms with van der Waals surface area (Å²) in [6.45, 7) is 7.30. The van der Waals surface area contributed by atoms with Gasteiger partial charge in [-0.05, 0) is 13.8 Å². The molecule has 0 N–H and O–H groups in total. The summed E-state index contributed by atoms with van der Waals surface area (Å²) in [6, 6.07) is 1.92. The van der Waals surface area contributed by atoms with Crippen LogP contribution < -0.4 is 9.64 Å². The molecule has 1 aliphatic heterocycles. The topological polar surface area (TPSA) is 61.8 Å². The third-order valence-electron chi connectivity index (χ3n) is 3.35. The molecule has 1 aromatic heterocycles. The third kappa shape index (κ3) is 3.74. The first-order chi connectivity index (χ1) is 10.0. The molecule has 0 radical (unpaired) electrons. The molecule has 21 heavy (non-hydrogen) atoms. The molecule has 0 aromatic carbocycles. The van der Waals surface area contributed by atoms with E-state index in [0.29, 0.717) is 31.4 Å². The zero-order valence-corrected chi connectivity index (χ0v) is 13.2. The molecule has 0 atom stereocenters. The molecule has 0 unspecified atom stereocenters. The number of hydrogen-bond donors (Lipinski definition) is 0. The molecule has 1 aliphatic rings. The Hall–Kier alpha value is -2.05. The minimum absolute atomic E-state index is 0.0588. The highest BCUT2D eigenvalue weighted by atomic mass is 16.5. The van der Waals surface area contributed by atoms with Crippen molar-refractivity contribution in [2.45, 2.75) is 13.8 Å². The molecule has 1 aromatic rings. The Kier molecular flexibility index (Phi) is 4.82. The number of aryl methyl sites for hydroxylation is 1. The number of rotatable bonds is 3. The molecule has 0 aliphatic carbocycles. The van der Waals surface area contributed by atoms with Gasteiger partial charge in [0.2, 0.25) is 5.88 Å². The van der Waals surface area contributed by atoms with E-state index in [2.05, 4.69) is 14.9 Å². The second kappa shape index (κ2) is 6.60. The predicted molar refractivity (Wildman–Crippen MR) is 80.8 cm³/mol. The van der Waals surface area contributed by atoms with Crippen molar-refractivity contribution in [3.8, 4) is 5.88 Å². The lowest BCUT2D eigenvalue weighted by molar-refractivity contribution is 0.168. The van der Waals surface area contributed by atoms with Gasteiger partial charge in [0, 0.05) is 46.3 Å². The molecule has 7 heteroatoms. The Morgan fingerprint density at radius 2 is 1.95 bits per heavy atom. The van der Waals surface area contributed by atoms with Crippen molar-refractivity contribution in [1.29, 1.82) is 0 Å². The minimum Gasteiger partial charge on any atom is -0.478 e. The van der Waals surface area contributed by atoms with Gasteiger partial charge in [-0.15, -0.1) is 0 Å². The van der Waals surface area contributed by atoms with E-state index in [-0.39, 0.29) is 6.03 Å². The Morgan fingerprint density at radius 1 is 1.29 bits per heavy atom. The van der Waals surface area contributed by atoms with Gasteiger partial charge in [-0.25, -0.2) is 9.78 Å². The SMILES string of the molecule is CCOc1cc(N2CCN(C(=O)N(C)C)CC2)nc(C)n1. The quantitative estimate of drug-likeness (QED) is 0.831. The number of carbonyl (C=O) groups is 1. The lowest BCUT2D eigenvalue weighted by Crippen LogP contribution is -2.51. The Bertz CT molecular complexity index is 498.